The minimum atomic E-state index is -0.504. The van der Waals surface area contributed by atoms with Gasteiger partial charge in [-0.25, -0.2) is 14.2 Å². The summed E-state index contributed by atoms with van der Waals surface area (Å²) in [4.78, 5) is 15.2. The number of esters is 1. The maximum absolute atomic E-state index is 13.2. The Kier molecular flexibility index (Phi) is 2.37. The van der Waals surface area contributed by atoms with Crippen molar-refractivity contribution < 1.29 is 13.9 Å². The highest BCUT2D eigenvalue weighted by Crippen LogP contribution is 2.11. The fraction of sp³-hybridized carbons (Fsp3) is 0.200. The molecule has 0 atom stereocenters. The molecule has 0 unspecified atom stereocenters. The van der Waals surface area contributed by atoms with Crippen molar-refractivity contribution in [1.29, 1.82) is 0 Å². The standard InChI is InChI=1S/C10H9FN2O2/c1-2-15-10(14)8-6-12-9-7(11)4-3-5-13(8)9/h3-6H,2H2,1H3. The first-order valence-electron chi connectivity index (χ1n) is 4.52. The van der Waals surface area contributed by atoms with Gasteiger partial charge in [0.25, 0.3) is 0 Å². The van der Waals surface area contributed by atoms with E-state index in [-0.39, 0.29) is 17.9 Å². The van der Waals surface area contributed by atoms with E-state index < -0.39 is 11.8 Å². The number of imidazole rings is 1. The molecule has 0 spiro atoms. The molecule has 0 amide bonds. The molecule has 15 heavy (non-hydrogen) atoms. The lowest BCUT2D eigenvalue weighted by Crippen LogP contribution is -2.07. The van der Waals surface area contributed by atoms with Crippen molar-refractivity contribution >= 4 is 11.6 Å². The van der Waals surface area contributed by atoms with E-state index in [4.69, 9.17) is 4.74 Å². The lowest BCUT2D eigenvalue weighted by atomic mass is 10.4. The molecular formula is C10H9FN2O2. The van der Waals surface area contributed by atoms with Crippen molar-refractivity contribution in [2.24, 2.45) is 0 Å². The highest BCUT2D eigenvalue weighted by molar-refractivity contribution is 5.88. The van der Waals surface area contributed by atoms with Crippen molar-refractivity contribution in [2.45, 2.75) is 6.92 Å². The molecule has 5 heteroatoms. The molecule has 2 rings (SSSR count). The number of ether oxygens (including phenoxy) is 1. The molecule has 0 aromatic carbocycles. The van der Waals surface area contributed by atoms with E-state index in [1.165, 1.54) is 22.7 Å². The molecule has 2 aromatic rings. The number of carbonyl (C=O) groups is 1. The number of aromatic nitrogens is 2. The highest BCUT2D eigenvalue weighted by Gasteiger charge is 2.14. The van der Waals surface area contributed by atoms with E-state index >= 15 is 0 Å². The Morgan fingerprint density at radius 2 is 2.47 bits per heavy atom. The summed E-state index contributed by atoms with van der Waals surface area (Å²) in [5.41, 5.74) is 0.354. The van der Waals surface area contributed by atoms with Crippen LogP contribution in [0.25, 0.3) is 5.65 Å². The van der Waals surface area contributed by atoms with Gasteiger partial charge < -0.3 is 4.74 Å². The maximum atomic E-state index is 13.2. The van der Waals surface area contributed by atoms with Crippen LogP contribution in [-0.4, -0.2) is 22.0 Å². The average Bonchev–Trinajstić information content (AvgIpc) is 2.63. The third kappa shape index (κ3) is 1.56. The zero-order chi connectivity index (χ0) is 10.8. The van der Waals surface area contributed by atoms with Crippen LogP contribution in [-0.2, 0) is 4.74 Å². The lowest BCUT2D eigenvalue weighted by molar-refractivity contribution is 0.0518. The number of halogens is 1. The Hall–Kier alpha value is -1.91. The quantitative estimate of drug-likeness (QED) is 0.705. The van der Waals surface area contributed by atoms with Crippen molar-refractivity contribution in [3.8, 4) is 0 Å². The van der Waals surface area contributed by atoms with Crippen LogP contribution in [0.4, 0.5) is 4.39 Å². The van der Waals surface area contributed by atoms with Gasteiger partial charge in [0, 0.05) is 6.20 Å². The molecule has 0 N–H and O–H groups in total. The topological polar surface area (TPSA) is 43.6 Å². The van der Waals surface area contributed by atoms with Gasteiger partial charge in [-0.2, -0.15) is 0 Å². The van der Waals surface area contributed by atoms with E-state index in [0.717, 1.165) is 0 Å². The predicted molar refractivity (Wildman–Crippen MR) is 51.1 cm³/mol. The Balaban J connectivity index is 2.54. The smallest absolute Gasteiger partial charge is 0.356 e. The minimum absolute atomic E-state index is 0.126. The second-order valence-electron chi connectivity index (χ2n) is 2.91. The molecule has 0 aliphatic heterocycles. The van der Waals surface area contributed by atoms with Gasteiger partial charge in [0.2, 0.25) is 0 Å². The summed E-state index contributed by atoms with van der Waals surface area (Å²) >= 11 is 0. The molecule has 4 nitrogen and oxygen atoms in total. The molecule has 0 saturated heterocycles. The zero-order valence-corrected chi connectivity index (χ0v) is 8.11. The van der Waals surface area contributed by atoms with E-state index in [1.54, 1.807) is 13.1 Å². The first-order valence-corrected chi connectivity index (χ1v) is 4.52. The van der Waals surface area contributed by atoms with Gasteiger partial charge in [0.15, 0.2) is 17.2 Å². The summed E-state index contributed by atoms with van der Waals surface area (Å²) in [7, 11) is 0. The molecular weight excluding hydrogens is 199 g/mol. The fourth-order valence-corrected chi connectivity index (χ4v) is 1.33. The average molecular weight is 208 g/mol. The Morgan fingerprint density at radius 1 is 1.67 bits per heavy atom. The van der Waals surface area contributed by atoms with Crippen molar-refractivity contribution in [2.75, 3.05) is 6.61 Å². The molecule has 0 radical (unpaired) electrons. The van der Waals surface area contributed by atoms with Gasteiger partial charge in [0.05, 0.1) is 12.8 Å². The molecule has 0 saturated carbocycles. The van der Waals surface area contributed by atoms with Gasteiger partial charge in [-0.1, -0.05) is 0 Å². The van der Waals surface area contributed by atoms with Crippen LogP contribution in [0.3, 0.4) is 0 Å². The summed E-state index contributed by atoms with van der Waals surface area (Å²) in [6, 6.07) is 2.80. The third-order valence-electron chi connectivity index (χ3n) is 1.97. The van der Waals surface area contributed by atoms with Gasteiger partial charge in [0.1, 0.15) is 0 Å². The monoisotopic (exact) mass is 208 g/mol. The molecule has 0 aliphatic rings. The van der Waals surface area contributed by atoms with E-state index in [9.17, 15) is 9.18 Å². The van der Waals surface area contributed by atoms with E-state index in [2.05, 4.69) is 4.98 Å². The van der Waals surface area contributed by atoms with E-state index in [1.807, 2.05) is 0 Å². The van der Waals surface area contributed by atoms with Gasteiger partial charge in [-0.3, -0.25) is 4.40 Å². The SMILES string of the molecule is CCOC(=O)c1cnc2c(F)cccn12. The summed E-state index contributed by atoms with van der Waals surface area (Å²) < 4.78 is 19.4. The van der Waals surface area contributed by atoms with Crippen molar-refractivity contribution in [1.82, 2.24) is 9.38 Å². The van der Waals surface area contributed by atoms with Gasteiger partial charge in [-0.05, 0) is 19.1 Å². The Labute approximate surface area is 85.3 Å². The number of rotatable bonds is 2. The Morgan fingerprint density at radius 3 is 3.20 bits per heavy atom. The van der Waals surface area contributed by atoms with Crippen LogP contribution in [0, 0.1) is 5.82 Å². The molecule has 0 aliphatic carbocycles. The first kappa shape index (κ1) is 9.64. The fourth-order valence-electron chi connectivity index (χ4n) is 1.33. The van der Waals surface area contributed by atoms with Crippen molar-refractivity contribution in [3.05, 3.63) is 36.0 Å². The number of fused-ring (bicyclic) bond motifs is 1. The summed E-state index contributed by atoms with van der Waals surface area (Å²) in [6.45, 7) is 1.99. The number of carbonyl (C=O) groups excluding carboxylic acids is 1. The number of hydrogen-bond acceptors (Lipinski definition) is 3. The second-order valence-corrected chi connectivity index (χ2v) is 2.91. The van der Waals surface area contributed by atoms with Crippen molar-refractivity contribution in [3.63, 3.8) is 0 Å². The molecule has 78 valence electrons. The summed E-state index contributed by atoms with van der Waals surface area (Å²) in [6.07, 6.45) is 2.87. The molecule has 0 bridgehead atoms. The highest BCUT2D eigenvalue weighted by atomic mass is 19.1. The first-order chi connectivity index (χ1) is 7.24. The summed E-state index contributed by atoms with van der Waals surface area (Å²) in [5, 5.41) is 0. The zero-order valence-electron chi connectivity index (χ0n) is 8.11. The predicted octanol–water partition coefficient (Wildman–Crippen LogP) is 1.65. The van der Waals surface area contributed by atoms with Crippen LogP contribution >= 0.6 is 0 Å². The Bertz CT molecular complexity index is 507. The molecule has 2 heterocycles. The summed E-state index contributed by atoms with van der Waals surface area (Å²) in [5.74, 6) is -0.969. The molecule has 0 fully saturated rings. The van der Waals surface area contributed by atoms with Crippen LogP contribution < -0.4 is 0 Å². The minimum Gasteiger partial charge on any atom is -0.461 e. The normalized spacial score (nSPS) is 10.5. The lowest BCUT2D eigenvalue weighted by Gasteiger charge is -2.01. The van der Waals surface area contributed by atoms with E-state index in [0.29, 0.717) is 0 Å². The maximum Gasteiger partial charge on any atom is 0.356 e. The van der Waals surface area contributed by atoms with Crippen LogP contribution in [0.1, 0.15) is 17.4 Å². The number of pyridine rings is 1. The molecule has 2 aromatic heterocycles. The van der Waals surface area contributed by atoms with Crippen LogP contribution in [0.2, 0.25) is 0 Å². The second kappa shape index (κ2) is 3.68. The van der Waals surface area contributed by atoms with Gasteiger partial charge in [-0.15, -0.1) is 0 Å². The third-order valence-corrected chi connectivity index (χ3v) is 1.97. The van der Waals surface area contributed by atoms with Crippen LogP contribution in [0.15, 0.2) is 24.5 Å². The largest absolute Gasteiger partial charge is 0.461 e. The van der Waals surface area contributed by atoms with Crippen LogP contribution in [0.5, 0.6) is 0 Å². The number of hydrogen-bond donors (Lipinski definition) is 0. The number of nitrogens with zero attached hydrogens (tertiary/aromatic N) is 2. The van der Waals surface area contributed by atoms with Gasteiger partial charge >= 0.3 is 5.97 Å².